The zero-order chi connectivity index (χ0) is 9.68. The van der Waals surface area contributed by atoms with Crippen molar-refractivity contribution < 1.29 is 14.3 Å². The number of rotatable bonds is 4. The Morgan fingerprint density at radius 1 is 1.77 bits per heavy atom. The maximum atomic E-state index is 11.0. The molecule has 0 saturated carbocycles. The zero-order valence-corrected chi connectivity index (χ0v) is 7.14. The molecule has 13 heavy (non-hydrogen) atoms. The van der Waals surface area contributed by atoms with Crippen molar-refractivity contribution in [3.63, 3.8) is 0 Å². The molecule has 0 unspecified atom stereocenters. The van der Waals surface area contributed by atoms with Crippen LogP contribution in [-0.4, -0.2) is 34.1 Å². The number of aromatic nitrogens is 3. The van der Waals surface area contributed by atoms with E-state index in [-0.39, 0.29) is 5.82 Å². The molecule has 0 bridgehead atoms. The van der Waals surface area contributed by atoms with Gasteiger partial charge in [0.15, 0.2) is 0 Å². The van der Waals surface area contributed by atoms with Gasteiger partial charge in [0.05, 0.1) is 7.11 Å². The van der Waals surface area contributed by atoms with Crippen molar-refractivity contribution in [2.75, 3.05) is 7.11 Å². The molecular formula is C7H9N3O3. The Hall–Kier alpha value is -1.72. The summed E-state index contributed by atoms with van der Waals surface area (Å²) in [6, 6.07) is 0. The summed E-state index contributed by atoms with van der Waals surface area (Å²) in [5.41, 5.74) is 0. The van der Waals surface area contributed by atoms with E-state index in [0.717, 1.165) is 6.29 Å². The lowest BCUT2D eigenvalue weighted by atomic mass is 10.4. The summed E-state index contributed by atoms with van der Waals surface area (Å²) in [5, 5.41) is 7.10. The maximum Gasteiger partial charge on any atom is 0.376 e. The SMILES string of the molecule is COC(=O)c1nncn1CCC=O. The monoisotopic (exact) mass is 183 g/mol. The summed E-state index contributed by atoms with van der Waals surface area (Å²) in [5.74, 6) is -0.437. The molecule has 0 radical (unpaired) electrons. The molecule has 0 atom stereocenters. The van der Waals surface area contributed by atoms with Crippen molar-refractivity contribution in [1.29, 1.82) is 0 Å². The molecule has 0 fully saturated rings. The fraction of sp³-hybridized carbons (Fsp3) is 0.429. The lowest BCUT2D eigenvalue weighted by molar-refractivity contribution is -0.108. The number of aryl methyl sites for hydroxylation is 1. The van der Waals surface area contributed by atoms with Crippen LogP contribution < -0.4 is 0 Å². The first-order chi connectivity index (χ1) is 6.29. The van der Waals surface area contributed by atoms with Crippen LogP contribution in [0.2, 0.25) is 0 Å². The maximum absolute atomic E-state index is 11.0. The molecular weight excluding hydrogens is 174 g/mol. The summed E-state index contributed by atoms with van der Waals surface area (Å²) in [6.07, 6.45) is 2.47. The summed E-state index contributed by atoms with van der Waals surface area (Å²) >= 11 is 0. The van der Waals surface area contributed by atoms with Gasteiger partial charge in [-0.15, -0.1) is 10.2 Å². The Labute approximate surface area is 74.5 Å². The van der Waals surface area contributed by atoms with Crippen LogP contribution in [0.5, 0.6) is 0 Å². The standard InChI is InChI=1S/C7H9N3O3/c1-13-7(12)6-9-8-5-10(6)3-2-4-11/h4-5H,2-3H2,1H3. The van der Waals surface area contributed by atoms with Gasteiger partial charge in [0.2, 0.25) is 5.82 Å². The number of carbonyl (C=O) groups excluding carboxylic acids is 2. The number of aldehydes is 1. The second-order valence-electron chi connectivity index (χ2n) is 2.29. The van der Waals surface area contributed by atoms with Crippen molar-refractivity contribution in [2.24, 2.45) is 0 Å². The highest BCUT2D eigenvalue weighted by molar-refractivity contribution is 5.85. The molecule has 0 spiro atoms. The first-order valence-corrected chi connectivity index (χ1v) is 3.69. The van der Waals surface area contributed by atoms with Crippen molar-refractivity contribution in [3.8, 4) is 0 Å². The van der Waals surface area contributed by atoms with Gasteiger partial charge in [-0.05, 0) is 0 Å². The predicted molar refractivity (Wildman–Crippen MR) is 42.0 cm³/mol. The van der Waals surface area contributed by atoms with Crippen LogP contribution in [0.4, 0.5) is 0 Å². The van der Waals surface area contributed by atoms with Crippen LogP contribution in [0.1, 0.15) is 17.0 Å². The van der Waals surface area contributed by atoms with Crippen molar-refractivity contribution in [1.82, 2.24) is 14.8 Å². The normalized spacial score (nSPS) is 9.62. The Kier molecular flexibility index (Phi) is 3.13. The van der Waals surface area contributed by atoms with Gasteiger partial charge < -0.3 is 14.1 Å². The van der Waals surface area contributed by atoms with Crippen LogP contribution in [-0.2, 0) is 16.1 Å². The number of nitrogens with zero attached hydrogens (tertiary/aromatic N) is 3. The topological polar surface area (TPSA) is 74.1 Å². The number of hydrogen-bond donors (Lipinski definition) is 0. The summed E-state index contributed by atoms with van der Waals surface area (Å²) in [4.78, 5) is 21.1. The minimum Gasteiger partial charge on any atom is -0.463 e. The van der Waals surface area contributed by atoms with E-state index >= 15 is 0 Å². The molecule has 0 aliphatic rings. The minimum atomic E-state index is -0.552. The second kappa shape index (κ2) is 4.34. The largest absolute Gasteiger partial charge is 0.463 e. The summed E-state index contributed by atoms with van der Waals surface area (Å²) < 4.78 is 5.94. The van der Waals surface area contributed by atoms with Gasteiger partial charge in [-0.2, -0.15) is 0 Å². The second-order valence-corrected chi connectivity index (χ2v) is 2.29. The molecule has 1 rings (SSSR count). The molecule has 6 nitrogen and oxygen atoms in total. The number of ether oxygens (including phenoxy) is 1. The molecule has 0 aliphatic heterocycles. The highest BCUT2D eigenvalue weighted by Gasteiger charge is 2.13. The van der Waals surface area contributed by atoms with Crippen LogP contribution in [0.3, 0.4) is 0 Å². The Morgan fingerprint density at radius 3 is 3.15 bits per heavy atom. The van der Waals surface area contributed by atoms with E-state index in [1.165, 1.54) is 18.0 Å². The van der Waals surface area contributed by atoms with Gasteiger partial charge in [-0.1, -0.05) is 0 Å². The first kappa shape index (κ1) is 9.37. The van der Waals surface area contributed by atoms with E-state index in [0.29, 0.717) is 13.0 Å². The predicted octanol–water partition coefficient (Wildman–Crippen LogP) is -0.346. The number of carbonyl (C=O) groups is 2. The number of hydrogen-bond acceptors (Lipinski definition) is 5. The van der Waals surface area contributed by atoms with E-state index < -0.39 is 5.97 Å². The minimum absolute atomic E-state index is 0.115. The van der Waals surface area contributed by atoms with Crippen molar-refractivity contribution in [3.05, 3.63) is 12.2 Å². The van der Waals surface area contributed by atoms with Crippen molar-refractivity contribution >= 4 is 12.3 Å². The zero-order valence-electron chi connectivity index (χ0n) is 7.14. The van der Waals surface area contributed by atoms with Crippen LogP contribution in [0.15, 0.2) is 6.33 Å². The third-order valence-corrected chi connectivity index (χ3v) is 1.47. The molecule has 0 aliphatic carbocycles. The van der Waals surface area contributed by atoms with Gasteiger partial charge >= 0.3 is 5.97 Å². The Bertz CT molecular complexity index is 308. The van der Waals surface area contributed by atoms with Crippen molar-refractivity contribution in [2.45, 2.75) is 13.0 Å². The van der Waals surface area contributed by atoms with Crippen LogP contribution in [0.25, 0.3) is 0 Å². The fourth-order valence-corrected chi connectivity index (χ4v) is 0.860. The summed E-state index contributed by atoms with van der Waals surface area (Å²) in [7, 11) is 1.26. The van der Waals surface area contributed by atoms with Gasteiger partial charge in [-0.3, -0.25) is 0 Å². The van der Waals surface area contributed by atoms with Gasteiger partial charge in [0.1, 0.15) is 12.6 Å². The quantitative estimate of drug-likeness (QED) is 0.471. The average Bonchev–Trinajstić information content (AvgIpc) is 2.61. The van der Waals surface area contributed by atoms with E-state index in [9.17, 15) is 9.59 Å². The average molecular weight is 183 g/mol. The first-order valence-electron chi connectivity index (χ1n) is 3.69. The van der Waals surface area contributed by atoms with Gasteiger partial charge in [-0.25, -0.2) is 4.79 Å². The molecule has 1 aromatic heterocycles. The molecule has 0 aromatic carbocycles. The highest BCUT2D eigenvalue weighted by Crippen LogP contribution is 1.97. The third-order valence-electron chi connectivity index (χ3n) is 1.47. The third kappa shape index (κ3) is 2.11. The summed E-state index contributed by atoms with van der Waals surface area (Å²) in [6.45, 7) is 0.390. The van der Waals surface area contributed by atoms with E-state index in [2.05, 4.69) is 14.9 Å². The van der Waals surface area contributed by atoms with E-state index in [4.69, 9.17) is 0 Å². The highest BCUT2D eigenvalue weighted by atomic mass is 16.5. The molecule has 0 amide bonds. The lowest BCUT2D eigenvalue weighted by Crippen LogP contribution is -2.11. The van der Waals surface area contributed by atoms with E-state index in [1.807, 2.05) is 0 Å². The lowest BCUT2D eigenvalue weighted by Gasteiger charge is -2.00. The molecule has 0 N–H and O–H groups in total. The molecule has 1 heterocycles. The number of esters is 1. The smallest absolute Gasteiger partial charge is 0.376 e. The Balaban J connectivity index is 2.76. The van der Waals surface area contributed by atoms with Crippen LogP contribution in [0, 0.1) is 0 Å². The molecule has 0 saturated heterocycles. The number of methoxy groups -OCH3 is 1. The fourth-order valence-electron chi connectivity index (χ4n) is 0.860. The van der Waals surface area contributed by atoms with Gasteiger partial charge in [0.25, 0.3) is 0 Å². The Morgan fingerprint density at radius 2 is 2.54 bits per heavy atom. The van der Waals surface area contributed by atoms with Crippen LogP contribution >= 0.6 is 0 Å². The molecule has 70 valence electrons. The molecule has 1 aromatic rings. The van der Waals surface area contributed by atoms with E-state index in [1.54, 1.807) is 0 Å². The van der Waals surface area contributed by atoms with Gasteiger partial charge in [0, 0.05) is 13.0 Å². The molecule has 6 heteroatoms.